The summed E-state index contributed by atoms with van der Waals surface area (Å²) in [7, 11) is -3.14. The van der Waals surface area contributed by atoms with E-state index in [1.165, 1.54) is 24.3 Å². The van der Waals surface area contributed by atoms with Gasteiger partial charge in [-0.1, -0.05) is 0 Å². The maximum Gasteiger partial charge on any atom is 0.168 e. The molecule has 1 aliphatic carbocycles. The van der Waals surface area contributed by atoms with Gasteiger partial charge in [0.05, 0.1) is 19.1 Å². The summed E-state index contributed by atoms with van der Waals surface area (Å²) in [5.74, 6) is -1.41. The van der Waals surface area contributed by atoms with E-state index < -0.39 is 25.6 Å². The van der Waals surface area contributed by atoms with E-state index in [9.17, 15) is 13.0 Å². The number of ether oxygens (including phenoxy) is 1. The van der Waals surface area contributed by atoms with Crippen molar-refractivity contribution in [3.63, 3.8) is 0 Å². The summed E-state index contributed by atoms with van der Waals surface area (Å²) < 4.78 is 51.9. The van der Waals surface area contributed by atoms with E-state index in [4.69, 9.17) is 21.1 Å². The van der Waals surface area contributed by atoms with Crippen LogP contribution in [0.3, 0.4) is 0 Å². The molecule has 23 heavy (non-hydrogen) atoms. The van der Waals surface area contributed by atoms with E-state index in [2.05, 4.69) is 15.9 Å². The smallest absolute Gasteiger partial charge is 0.168 e. The molecule has 0 saturated heterocycles. The highest BCUT2D eigenvalue weighted by Crippen LogP contribution is 2.51. The standard InChI is InChI=1S/C15H11BrClF2NO2S/c16-11-8-10(23(20,21)15(17)5-6-15)2-4-13(11)22-14-3-1-9(18)7-12(14)19/h1-4,7-8,20H,5-6H2. The lowest BCUT2D eigenvalue weighted by molar-refractivity contribution is 0.435. The van der Waals surface area contributed by atoms with Gasteiger partial charge in [0.2, 0.25) is 0 Å². The van der Waals surface area contributed by atoms with Gasteiger partial charge < -0.3 is 4.74 Å². The van der Waals surface area contributed by atoms with Gasteiger partial charge in [-0.15, -0.1) is 11.6 Å². The molecule has 0 radical (unpaired) electrons. The van der Waals surface area contributed by atoms with Gasteiger partial charge in [0.1, 0.15) is 15.8 Å². The van der Waals surface area contributed by atoms with Crippen molar-refractivity contribution in [2.24, 2.45) is 0 Å². The molecule has 1 unspecified atom stereocenters. The van der Waals surface area contributed by atoms with Crippen LogP contribution in [0.5, 0.6) is 11.5 Å². The number of rotatable bonds is 4. The quantitative estimate of drug-likeness (QED) is 0.647. The Balaban J connectivity index is 1.91. The summed E-state index contributed by atoms with van der Waals surface area (Å²) in [6, 6.07) is 7.41. The molecule has 2 aromatic rings. The Morgan fingerprint density at radius 2 is 1.83 bits per heavy atom. The Morgan fingerprint density at radius 1 is 1.17 bits per heavy atom. The van der Waals surface area contributed by atoms with Crippen molar-refractivity contribution in [1.82, 2.24) is 0 Å². The molecule has 1 saturated carbocycles. The molecule has 0 aliphatic heterocycles. The van der Waals surface area contributed by atoms with Gasteiger partial charge in [-0.2, -0.15) is 0 Å². The van der Waals surface area contributed by atoms with Gasteiger partial charge in [0.15, 0.2) is 11.6 Å². The Bertz CT molecular complexity index is 885. The molecule has 3 rings (SSSR count). The average molecular weight is 423 g/mol. The Labute approximate surface area is 145 Å². The molecule has 0 spiro atoms. The first-order chi connectivity index (χ1) is 10.7. The summed E-state index contributed by atoms with van der Waals surface area (Å²) in [6.07, 6.45) is 1.07. The minimum Gasteiger partial charge on any atom is -0.453 e. The fraction of sp³-hybridized carbons (Fsp3) is 0.200. The summed E-state index contributed by atoms with van der Waals surface area (Å²) in [4.78, 5) is 0.281. The predicted molar refractivity (Wildman–Crippen MR) is 87.5 cm³/mol. The molecular weight excluding hydrogens is 412 g/mol. The average Bonchev–Trinajstić information content (AvgIpc) is 3.23. The molecule has 0 heterocycles. The molecule has 0 amide bonds. The van der Waals surface area contributed by atoms with Gasteiger partial charge >= 0.3 is 0 Å². The molecule has 122 valence electrons. The fourth-order valence-corrected chi connectivity index (χ4v) is 4.63. The van der Waals surface area contributed by atoms with Crippen molar-refractivity contribution < 1.29 is 17.7 Å². The van der Waals surface area contributed by atoms with Gasteiger partial charge in [-0.25, -0.2) is 17.8 Å². The lowest BCUT2D eigenvalue weighted by atomic mass is 10.3. The number of halogens is 4. The first kappa shape index (κ1) is 16.7. The minimum absolute atomic E-state index is 0.137. The highest BCUT2D eigenvalue weighted by molar-refractivity contribution is 9.10. The highest BCUT2D eigenvalue weighted by atomic mass is 79.9. The van der Waals surface area contributed by atoms with E-state index in [1.54, 1.807) is 0 Å². The molecule has 2 aromatic carbocycles. The van der Waals surface area contributed by atoms with Crippen molar-refractivity contribution in [3.05, 3.63) is 52.5 Å². The van der Waals surface area contributed by atoms with Crippen LogP contribution in [-0.4, -0.2) is 8.42 Å². The third kappa shape index (κ3) is 3.09. The molecule has 1 aliphatic rings. The first-order valence-corrected chi connectivity index (χ1v) is 9.36. The zero-order valence-corrected chi connectivity index (χ0v) is 14.8. The van der Waals surface area contributed by atoms with Crippen LogP contribution < -0.4 is 4.74 Å². The lowest BCUT2D eigenvalue weighted by Gasteiger charge is -2.14. The summed E-state index contributed by atoms with van der Waals surface area (Å²) in [5.41, 5.74) is 0. The number of benzene rings is 2. The third-order valence-electron chi connectivity index (χ3n) is 3.51. The maximum absolute atomic E-state index is 13.6. The minimum atomic E-state index is -3.14. The second kappa shape index (κ2) is 5.72. The number of alkyl halides is 1. The van der Waals surface area contributed by atoms with Gasteiger partial charge in [0.25, 0.3) is 0 Å². The van der Waals surface area contributed by atoms with E-state index in [0.717, 1.165) is 12.1 Å². The number of nitrogens with one attached hydrogen (secondary N) is 1. The molecular formula is C15H11BrClF2NO2S. The largest absolute Gasteiger partial charge is 0.453 e. The SMILES string of the molecule is N=S(=O)(c1ccc(Oc2ccc(F)cc2F)c(Br)c1)C1(Cl)CC1. The molecule has 3 nitrogen and oxygen atoms in total. The summed E-state index contributed by atoms with van der Waals surface area (Å²) in [5, 5.41) is 0. The zero-order chi connectivity index (χ0) is 16.8. The van der Waals surface area contributed by atoms with Crippen LogP contribution in [0.15, 0.2) is 45.8 Å². The monoisotopic (exact) mass is 421 g/mol. The number of hydrogen-bond acceptors (Lipinski definition) is 3. The lowest BCUT2D eigenvalue weighted by Crippen LogP contribution is -2.14. The Hall–Kier alpha value is -1.18. The predicted octanol–water partition coefficient (Wildman–Crippen LogP) is 5.65. The first-order valence-electron chi connectivity index (χ1n) is 6.63. The van der Waals surface area contributed by atoms with E-state index >= 15 is 0 Å². The zero-order valence-electron chi connectivity index (χ0n) is 11.6. The molecule has 1 N–H and O–H groups in total. The summed E-state index contributed by atoms with van der Waals surface area (Å²) in [6.45, 7) is 0. The van der Waals surface area contributed by atoms with Gasteiger partial charge in [-0.05, 0) is 59.1 Å². The van der Waals surface area contributed by atoms with Crippen LogP contribution in [0.2, 0.25) is 0 Å². The van der Waals surface area contributed by atoms with Crippen LogP contribution >= 0.6 is 27.5 Å². The number of hydrogen-bond donors (Lipinski definition) is 1. The molecule has 1 fully saturated rings. The van der Waals surface area contributed by atoms with Crippen LogP contribution in [0, 0.1) is 16.4 Å². The van der Waals surface area contributed by atoms with Gasteiger partial charge in [-0.3, -0.25) is 0 Å². The molecule has 1 atom stereocenters. The highest BCUT2D eigenvalue weighted by Gasteiger charge is 2.51. The summed E-state index contributed by atoms with van der Waals surface area (Å²) >= 11 is 9.38. The van der Waals surface area contributed by atoms with E-state index in [-0.39, 0.29) is 16.4 Å². The normalized spacial score (nSPS) is 18.3. The van der Waals surface area contributed by atoms with Gasteiger partial charge in [0, 0.05) is 6.07 Å². The van der Waals surface area contributed by atoms with Crippen LogP contribution in [0.1, 0.15) is 12.8 Å². The molecule has 0 bridgehead atoms. The van der Waals surface area contributed by atoms with Crippen molar-refractivity contribution in [2.45, 2.75) is 21.9 Å². The van der Waals surface area contributed by atoms with Crippen LogP contribution in [0.4, 0.5) is 8.78 Å². The van der Waals surface area contributed by atoms with Crippen LogP contribution in [-0.2, 0) is 9.73 Å². The maximum atomic E-state index is 13.6. The van der Waals surface area contributed by atoms with E-state index in [1.807, 2.05) is 0 Å². The fourth-order valence-electron chi connectivity index (χ4n) is 2.02. The van der Waals surface area contributed by atoms with Crippen molar-refractivity contribution in [3.8, 4) is 11.5 Å². The Kier molecular flexibility index (Phi) is 4.14. The third-order valence-corrected chi connectivity index (χ3v) is 7.51. The Morgan fingerprint density at radius 3 is 2.39 bits per heavy atom. The van der Waals surface area contributed by atoms with E-state index in [0.29, 0.717) is 17.3 Å². The topological polar surface area (TPSA) is 50.2 Å². The van der Waals surface area contributed by atoms with Crippen molar-refractivity contribution in [1.29, 1.82) is 4.78 Å². The van der Waals surface area contributed by atoms with Crippen LogP contribution in [0.25, 0.3) is 0 Å². The molecule has 0 aromatic heterocycles. The van der Waals surface area contributed by atoms with Crippen molar-refractivity contribution in [2.75, 3.05) is 0 Å². The second-order valence-corrected chi connectivity index (χ2v) is 9.38. The molecule has 8 heteroatoms. The second-order valence-electron chi connectivity index (χ2n) is 5.21. The van der Waals surface area contributed by atoms with Crippen molar-refractivity contribution >= 4 is 37.3 Å².